The van der Waals surface area contributed by atoms with Crippen molar-refractivity contribution < 1.29 is 4.79 Å². The smallest absolute Gasteiger partial charge is 0.166 e. The molecule has 0 aliphatic heterocycles. The molecule has 0 bridgehead atoms. The first kappa shape index (κ1) is 11.2. The number of Topliss-reactive ketones (excluding diaryl/α,β-unsaturated/α-hetero) is 1. The summed E-state index contributed by atoms with van der Waals surface area (Å²) < 4.78 is 0. The third kappa shape index (κ3) is 3.11. The van der Waals surface area contributed by atoms with Crippen molar-refractivity contribution in [2.45, 2.75) is 12.8 Å². The minimum atomic E-state index is 0.130. The Balaban J connectivity index is 2.72. The van der Waals surface area contributed by atoms with E-state index in [4.69, 9.17) is 0 Å². The van der Waals surface area contributed by atoms with E-state index in [-0.39, 0.29) is 5.78 Å². The Bertz CT molecular complexity index is 314. The molecule has 0 atom stereocenters. The Morgan fingerprint density at radius 3 is 2.50 bits per heavy atom. The molecular formula is C12H13BrO. The highest BCUT2D eigenvalue weighted by Gasteiger charge is 2.02. The third-order valence-corrected chi connectivity index (χ3v) is 2.39. The molecule has 1 aromatic rings. The minimum Gasteiger partial charge on any atom is -0.294 e. The Morgan fingerprint density at radius 1 is 1.36 bits per heavy atom. The fraction of sp³-hybridized carbons (Fsp3) is 0.250. The van der Waals surface area contributed by atoms with Gasteiger partial charge in [0.05, 0.1) is 0 Å². The number of benzene rings is 1. The van der Waals surface area contributed by atoms with E-state index in [1.54, 1.807) is 6.08 Å². The monoisotopic (exact) mass is 252 g/mol. The fourth-order valence-electron chi connectivity index (χ4n) is 1.22. The predicted octanol–water partition coefficient (Wildman–Crippen LogP) is 3.38. The van der Waals surface area contributed by atoms with Gasteiger partial charge >= 0.3 is 0 Å². The fourth-order valence-corrected chi connectivity index (χ4v) is 1.67. The highest BCUT2D eigenvalue weighted by atomic mass is 79.9. The van der Waals surface area contributed by atoms with Crippen LogP contribution in [0, 0.1) is 0 Å². The molecule has 1 rings (SSSR count). The van der Waals surface area contributed by atoms with Crippen molar-refractivity contribution in [1.29, 1.82) is 0 Å². The zero-order valence-electron chi connectivity index (χ0n) is 8.00. The van der Waals surface area contributed by atoms with Gasteiger partial charge in [0.25, 0.3) is 0 Å². The van der Waals surface area contributed by atoms with Crippen LogP contribution in [0.2, 0.25) is 0 Å². The van der Waals surface area contributed by atoms with Crippen molar-refractivity contribution >= 4 is 21.7 Å². The number of hydrogen-bond donors (Lipinski definition) is 0. The van der Waals surface area contributed by atoms with Crippen LogP contribution in [-0.2, 0) is 6.42 Å². The van der Waals surface area contributed by atoms with Crippen LogP contribution < -0.4 is 0 Å². The van der Waals surface area contributed by atoms with Gasteiger partial charge in [0, 0.05) is 17.3 Å². The lowest BCUT2D eigenvalue weighted by Crippen LogP contribution is -1.97. The van der Waals surface area contributed by atoms with Crippen LogP contribution in [0.25, 0.3) is 0 Å². The summed E-state index contributed by atoms with van der Waals surface area (Å²) in [5, 5.41) is 0.951. The van der Waals surface area contributed by atoms with Crippen molar-refractivity contribution in [3.8, 4) is 0 Å². The summed E-state index contributed by atoms with van der Waals surface area (Å²) in [6.07, 6.45) is 3.04. The first-order chi connectivity index (χ1) is 6.77. The van der Waals surface area contributed by atoms with E-state index in [2.05, 4.69) is 22.5 Å². The van der Waals surface area contributed by atoms with E-state index >= 15 is 0 Å². The van der Waals surface area contributed by atoms with Gasteiger partial charge in [-0.05, 0) is 12.0 Å². The van der Waals surface area contributed by atoms with Crippen LogP contribution in [0.15, 0.2) is 36.9 Å². The Morgan fingerprint density at radius 2 is 2.00 bits per heavy atom. The molecule has 0 aliphatic carbocycles. The number of aryl methyl sites for hydroxylation is 1. The van der Waals surface area contributed by atoms with Crippen LogP contribution in [-0.4, -0.2) is 11.1 Å². The second kappa shape index (κ2) is 5.76. The minimum absolute atomic E-state index is 0.130. The van der Waals surface area contributed by atoms with Gasteiger partial charge < -0.3 is 0 Å². The Kier molecular flexibility index (Phi) is 4.60. The maximum Gasteiger partial charge on any atom is 0.166 e. The molecule has 0 saturated heterocycles. The van der Waals surface area contributed by atoms with Gasteiger partial charge in [-0.1, -0.05) is 46.3 Å². The maximum absolute atomic E-state index is 11.4. The molecule has 14 heavy (non-hydrogen) atoms. The summed E-state index contributed by atoms with van der Waals surface area (Å²) in [4.78, 5) is 11.4. The molecule has 1 aromatic carbocycles. The quantitative estimate of drug-likeness (QED) is 0.446. The summed E-state index contributed by atoms with van der Waals surface area (Å²) >= 11 is 3.38. The molecule has 0 radical (unpaired) electrons. The topological polar surface area (TPSA) is 17.1 Å². The van der Waals surface area contributed by atoms with Crippen LogP contribution in [0.5, 0.6) is 0 Å². The molecule has 2 heteroatoms. The number of alkyl halides is 1. The molecule has 0 aromatic heterocycles. The van der Waals surface area contributed by atoms with E-state index in [0.717, 1.165) is 17.3 Å². The third-order valence-electron chi connectivity index (χ3n) is 1.99. The summed E-state index contributed by atoms with van der Waals surface area (Å²) in [6, 6.07) is 7.75. The molecule has 0 N–H and O–H groups in total. The number of halogens is 1. The molecule has 74 valence electrons. The molecule has 0 spiro atoms. The number of allylic oxidation sites excluding steroid dienone is 1. The summed E-state index contributed by atoms with van der Waals surface area (Å²) in [6.45, 7) is 3.55. The zero-order valence-corrected chi connectivity index (χ0v) is 9.59. The molecule has 0 amide bonds. The van der Waals surface area contributed by atoms with E-state index in [0.29, 0.717) is 6.42 Å². The van der Waals surface area contributed by atoms with Crippen molar-refractivity contribution in [1.82, 2.24) is 0 Å². The molecule has 0 aliphatic rings. The van der Waals surface area contributed by atoms with Gasteiger partial charge in [-0.15, -0.1) is 6.58 Å². The lowest BCUT2D eigenvalue weighted by atomic mass is 10.1. The van der Waals surface area contributed by atoms with Crippen LogP contribution >= 0.6 is 15.9 Å². The highest BCUT2D eigenvalue weighted by Crippen LogP contribution is 2.08. The van der Waals surface area contributed by atoms with Gasteiger partial charge in [0.1, 0.15) is 0 Å². The largest absolute Gasteiger partial charge is 0.294 e. The van der Waals surface area contributed by atoms with Gasteiger partial charge in [-0.2, -0.15) is 0 Å². The molecule has 0 saturated carbocycles. The molecule has 0 heterocycles. The lowest BCUT2D eigenvalue weighted by molar-refractivity contribution is 0.0996. The number of carbonyl (C=O) groups is 1. The SMILES string of the molecule is C=CCC(=O)c1ccc(CCBr)cc1. The van der Waals surface area contributed by atoms with Gasteiger partial charge in [-0.3, -0.25) is 4.79 Å². The first-order valence-electron chi connectivity index (χ1n) is 4.57. The standard InChI is InChI=1S/C12H13BrO/c1-2-3-12(14)11-6-4-10(5-7-11)8-9-13/h2,4-7H,1,3,8-9H2. The van der Waals surface area contributed by atoms with Gasteiger partial charge in [0.2, 0.25) is 0 Å². The number of ketones is 1. The first-order valence-corrected chi connectivity index (χ1v) is 5.69. The Hall–Kier alpha value is -0.890. The summed E-state index contributed by atoms with van der Waals surface area (Å²) in [7, 11) is 0. The highest BCUT2D eigenvalue weighted by molar-refractivity contribution is 9.09. The maximum atomic E-state index is 11.4. The summed E-state index contributed by atoms with van der Waals surface area (Å²) in [5.41, 5.74) is 2.01. The van der Waals surface area contributed by atoms with Crippen LogP contribution in [0.3, 0.4) is 0 Å². The summed E-state index contributed by atoms with van der Waals surface area (Å²) in [5.74, 6) is 0.130. The molecule has 0 unspecified atom stereocenters. The lowest BCUT2D eigenvalue weighted by Gasteiger charge is -2.00. The van der Waals surface area contributed by atoms with E-state index in [1.165, 1.54) is 5.56 Å². The number of hydrogen-bond acceptors (Lipinski definition) is 1. The average Bonchev–Trinajstić information content (AvgIpc) is 2.20. The van der Waals surface area contributed by atoms with E-state index in [9.17, 15) is 4.79 Å². The van der Waals surface area contributed by atoms with E-state index < -0.39 is 0 Å². The predicted molar refractivity (Wildman–Crippen MR) is 63.1 cm³/mol. The van der Waals surface area contributed by atoms with Gasteiger partial charge in [0.15, 0.2) is 5.78 Å². The normalized spacial score (nSPS) is 9.79. The molecule has 1 nitrogen and oxygen atoms in total. The average molecular weight is 253 g/mol. The van der Waals surface area contributed by atoms with Crippen molar-refractivity contribution in [2.75, 3.05) is 5.33 Å². The Labute approximate surface area is 93.0 Å². The second-order valence-electron chi connectivity index (χ2n) is 3.05. The van der Waals surface area contributed by atoms with Gasteiger partial charge in [-0.25, -0.2) is 0 Å². The van der Waals surface area contributed by atoms with Crippen LogP contribution in [0.4, 0.5) is 0 Å². The number of rotatable bonds is 5. The molecule has 0 fully saturated rings. The second-order valence-corrected chi connectivity index (χ2v) is 3.84. The van der Waals surface area contributed by atoms with Crippen molar-refractivity contribution in [3.63, 3.8) is 0 Å². The molecular weight excluding hydrogens is 240 g/mol. The zero-order chi connectivity index (χ0) is 10.4. The number of carbonyl (C=O) groups excluding carboxylic acids is 1. The van der Waals surface area contributed by atoms with Crippen molar-refractivity contribution in [2.24, 2.45) is 0 Å². The van der Waals surface area contributed by atoms with E-state index in [1.807, 2.05) is 24.3 Å². The van der Waals surface area contributed by atoms with Crippen LogP contribution in [0.1, 0.15) is 22.3 Å². The van der Waals surface area contributed by atoms with Crippen molar-refractivity contribution in [3.05, 3.63) is 48.0 Å².